The van der Waals surface area contributed by atoms with E-state index in [-0.39, 0.29) is 24.7 Å². The molecule has 2 saturated heterocycles. The Hall–Kier alpha value is -3.02. The predicted octanol–water partition coefficient (Wildman–Crippen LogP) is 3.64. The fourth-order valence-electron chi connectivity index (χ4n) is 4.91. The van der Waals surface area contributed by atoms with E-state index < -0.39 is 17.1 Å². The quantitative estimate of drug-likeness (QED) is 0.707. The van der Waals surface area contributed by atoms with Crippen LogP contribution in [0.4, 0.5) is 4.39 Å². The van der Waals surface area contributed by atoms with E-state index in [9.17, 15) is 18.8 Å². The van der Waals surface area contributed by atoms with E-state index in [4.69, 9.17) is 0 Å². The van der Waals surface area contributed by atoms with E-state index >= 15 is 0 Å². The third kappa shape index (κ3) is 4.11. The molecule has 0 radical (unpaired) electrons. The molecule has 162 valence electrons. The second-order valence-electron chi connectivity index (χ2n) is 8.62. The molecule has 2 fully saturated rings. The average Bonchev–Trinajstić information content (AvgIpc) is 2.96. The highest BCUT2D eigenvalue weighted by atomic mass is 19.1. The maximum atomic E-state index is 14.0. The van der Waals surface area contributed by atoms with Crippen LogP contribution in [0.1, 0.15) is 49.1 Å². The van der Waals surface area contributed by atoms with E-state index in [1.165, 1.54) is 30.8 Å². The number of benzene rings is 2. The Kier molecular flexibility index (Phi) is 5.90. The summed E-state index contributed by atoms with van der Waals surface area (Å²) in [5.74, 6) is -1.03. The number of carbonyl (C=O) groups is 3. The van der Waals surface area contributed by atoms with E-state index in [1.807, 2.05) is 18.2 Å². The lowest BCUT2D eigenvalue weighted by atomic mass is 9.75. The number of hydrogen-bond donors (Lipinski definition) is 0. The number of hydrogen-bond acceptors (Lipinski definition) is 3. The van der Waals surface area contributed by atoms with Gasteiger partial charge >= 0.3 is 0 Å². The Morgan fingerprint density at radius 1 is 1.06 bits per heavy atom. The molecule has 0 spiro atoms. The zero-order valence-electron chi connectivity index (χ0n) is 17.7. The minimum atomic E-state index is -1.34. The lowest BCUT2D eigenvalue weighted by Crippen LogP contribution is -2.43. The normalized spacial score (nSPS) is 24.4. The first-order chi connectivity index (χ1) is 14.9. The highest BCUT2D eigenvalue weighted by Crippen LogP contribution is 2.40. The second-order valence-corrected chi connectivity index (χ2v) is 8.62. The smallest absolute Gasteiger partial charge is 0.240 e. The van der Waals surface area contributed by atoms with Crippen molar-refractivity contribution in [3.8, 4) is 0 Å². The van der Waals surface area contributed by atoms with E-state index in [1.54, 1.807) is 11.0 Å². The van der Waals surface area contributed by atoms with Crippen LogP contribution < -0.4 is 0 Å². The van der Waals surface area contributed by atoms with Crippen LogP contribution in [0, 0.1) is 5.82 Å². The molecule has 5 nitrogen and oxygen atoms in total. The van der Waals surface area contributed by atoms with E-state index in [0.717, 1.165) is 24.2 Å². The van der Waals surface area contributed by atoms with Gasteiger partial charge in [0.15, 0.2) is 0 Å². The number of carbonyl (C=O) groups excluding carboxylic acids is 3. The van der Waals surface area contributed by atoms with Gasteiger partial charge < -0.3 is 4.90 Å². The zero-order valence-corrected chi connectivity index (χ0v) is 17.7. The van der Waals surface area contributed by atoms with Crippen molar-refractivity contribution in [2.75, 3.05) is 20.1 Å². The molecular formula is C25H27FN2O3. The number of likely N-dealkylation sites (N-methyl/N-ethyl adjacent to an activating group) is 1. The fourth-order valence-corrected chi connectivity index (χ4v) is 4.91. The van der Waals surface area contributed by atoms with Gasteiger partial charge in [-0.05, 0) is 48.4 Å². The van der Waals surface area contributed by atoms with Crippen molar-refractivity contribution < 1.29 is 18.8 Å². The van der Waals surface area contributed by atoms with Gasteiger partial charge in [0.25, 0.3) is 0 Å². The topological polar surface area (TPSA) is 57.7 Å². The third-order valence-corrected chi connectivity index (χ3v) is 6.72. The number of amides is 3. The maximum Gasteiger partial charge on any atom is 0.240 e. The van der Waals surface area contributed by atoms with Crippen molar-refractivity contribution in [1.29, 1.82) is 0 Å². The van der Waals surface area contributed by atoms with Crippen molar-refractivity contribution >= 4 is 17.7 Å². The van der Waals surface area contributed by atoms with Crippen LogP contribution in [0.5, 0.6) is 0 Å². The van der Waals surface area contributed by atoms with Gasteiger partial charge in [-0.3, -0.25) is 19.3 Å². The number of halogens is 1. The largest absolute Gasteiger partial charge is 0.343 e. The van der Waals surface area contributed by atoms with Crippen LogP contribution in [0.15, 0.2) is 54.6 Å². The van der Waals surface area contributed by atoms with Gasteiger partial charge in [-0.1, -0.05) is 42.5 Å². The molecule has 6 heteroatoms. The third-order valence-electron chi connectivity index (χ3n) is 6.72. The SMILES string of the molecule is CN1C(=O)CC(CC(=O)N2CCCC(c3ccccc3)CC2)(c2cccc(F)c2)C1=O. The fraction of sp³-hybridized carbons (Fsp3) is 0.400. The molecule has 2 aromatic rings. The van der Waals surface area contributed by atoms with Crippen LogP contribution in [-0.2, 0) is 19.8 Å². The Bertz CT molecular complexity index is 993. The van der Waals surface area contributed by atoms with Crippen molar-refractivity contribution in [1.82, 2.24) is 9.80 Å². The monoisotopic (exact) mass is 422 g/mol. The van der Waals surface area contributed by atoms with Crippen LogP contribution in [-0.4, -0.2) is 47.7 Å². The summed E-state index contributed by atoms with van der Waals surface area (Å²) in [4.78, 5) is 41.6. The van der Waals surface area contributed by atoms with Gasteiger partial charge in [0, 0.05) is 33.0 Å². The molecule has 2 heterocycles. The zero-order chi connectivity index (χ0) is 22.0. The molecule has 2 aliphatic heterocycles. The van der Waals surface area contributed by atoms with Crippen LogP contribution in [0.3, 0.4) is 0 Å². The predicted molar refractivity (Wildman–Crippen MR) is 115 cm³/mol. The molecule has 0 N–H and O–H groups in total. The van der Waals surface area contributed by atoms with Crippen LogP contribution >= 0.6 is 0 Å². The molecule has 2 aliphatic rings. The second kappa shape index (κ2) is 8.61. The van der Waals surface area contributed by atoms with Crippen LogP contribution in [0.25, 0.3) is 0 Å². The van der Waals surface area contributed by atoms with Gasteiger partial charge in [-0.15, -0.1) is 0 Å². The first-order valence-electron chi connectivity index (χ1n) is 10.8. The molecule has 0 saturated carbocycles. The first-order valence-corrected chi connectivity index (χ1v) is 10.8. The molecule has 0 aliphatic carbocycles. The summed E-state index contributed by atoms with van der Waals surface area (Å²) in [6.07, 6.45) is 2.50. The number of rotatable bonds is 4. The Balaban J connectivity index is 1.55. The van der Waals surface area contributed by atoms with Crippen molar-refractivity contribution in [3.05, 3.63) is 71.5 Å². The lowest BCUT2D eigenvalue weighted by Gasteiger charge is -2.30. The summed E-state index contributed by atoms with van der Waals surface area (Å²) in [7, 11) is 1.42. The van der Waals surface area contributed by atoms with Gasteiger partial charge in [-0.25, -0.2) is 4.39 Å². The summed E-state index contributed by atoms with van der Waals surface area (Å²) in [5.41, 5.74) is 0.336. The standard InChI is InChI=1S/C25H27FN2O3/c1-27-22(29)16-25(24(27)31,20-10-5-11-21(26)15-20)17-23(30)28-13-6-9-19(12-14-28)18-7-3-2-4-8-18/h2-5,7-8,10-11,15,19H,6,9,12-14,16-17H2,1H3. The highest BCUT2D eigenvalue weighted by molar-refractivity contribution is 6.10. The van der Waals surface area contributed by atoms with E-state index in [2.05, 4.69) is 12.1 Å². The average molecular weight is 423 g/mol. The molecule has 3 amide bonds. The van der Waals surface area contributed by atoms with Gasteiger partial charge in [0.05, 0.1) is 5.41 Å². The molecule has 0 bridgehead atoms. The highest BCUT2D eigenvalue weighted by Gasteiger charge is 2.53. The molecule has 2 unspecified atom stereocenters. The molecule has 0 aromatic heterocycles. The van der Waals surface area contributed by atoms with E-state index in [0.29, 0.717) is 24.6 Å². The summed E-state index contributed by atoms with van der Waals surface area (Å²) < 4.78 is 14.0. The van der Waals surface area contributed by atoms with Gasteiger partial charge in [0.2, 0.25) is 17.7 Å². The summed E-state index contributed by atoms with van der Waals surface area (Å²) in [5, 5.41) is 0. The minimum Gasteiger partial charge on any atom is -0.343 e. The van der Waals surface area contributed by atoms with Gasteiger partial charge in [-0.2, -0.15) is 0 Å². The summed E-state index contributed by atoms with van der Waals surface area (Å²) >= 11 is 0. The number of imide groups is 1. The number of nitrogens with zero attached hydrogens (tertiary/aromatic N) is 2. The maximum absolute atomic E-state index is 14.0. The molecule has 2 atom stereocenters. The molecular weight excluding hydrogens is 395 g/mol. The molecule has 2 aromatic carbocycles. The number of likely N-dealkylation sites (tertiary alicyclic amines) is 2. The lowest BCUT2D eigenvalue weighted by molar-refractivity contribution is -0.141. The Morgan fingerprint density at radius 2 is 1.84 bits per heavy atom. The Labute approximate surface area is 181 Å². The van der Waals surface area contributed by atoms with Crippen molar-refractivity contribution in [2.45, 2.75) is 43.4 Å². The van der Waals surface area contributed by atoms with Crippen molar-refractivity contribution in [2.24, 2.45) is 0 Å². The minimum absolute atomic E-state index is 0.113. The van der Waals surface area contributed by atoms with Crippen LogP contribution in [0.2, 0.25) is 0 Å². The van der Waals surface area contributed by atoms with Crippen molar-refractivity contribution in [3.63, 3.8) is 0 Å². The van der Waals surface area contributed by atoms with Gasteiger partial charge in [0.1, 0.15) is 5.82 Å². The first kappa shape index (κ1) is 21.2. The molecule has 4 rings (SSSR count). The molecule has 31 heavy (non-hydrogen) atoms. The summed E-state index contributed by atoms with van der Waals surface area (Å²) in [6, 6.07) is 16.0. The summed E-state index contributed by atoms with van der Waals surface area (Å²) in [6.45, 7) is 1.23. The Morgan fingerprint density at radius 3 is 2.52 bits per heavy atom.